The molecule has 134 valence electrons. The van der Waals surface area contributed by atoms with Crippen LogP contribution in [0.1, 0.15) is 48.5 Å². The summed E-state index contributed by atoms with van der Waals surface area (Å²) in [6.45, 7) is 3.96. The van der Waals surface area contributed by atoms with Crippen molar-refractivity contribution >= 4 is 21.7 Å². The van der Waals surface area contributed by atoms with Crippen LogP contribution in [-0.2, 0) is 19.4 Å². The number of sulfone groups is 1. The van der Waals surface area contributed by atoms with E-state index in [4.69, 9.17) is 4.74 Å². The van der Waals surface area contributed by atoms with Gasteiger partial charge in [-0.2, -0.15) is 0 Å². The van der Waals surface area contributed by atoms with Crippen LogP contribution in [0.4, 0.5) is 0 Å². The molecule has 7 heteroatoms. The number of aryl methyl sites for hydroxylation is 1. The van der Waals surface area contributed by atoms with Crippen molar-refractivity contribution in [2.24, 2.45) is 0 Å². The number of carbonyl (C=O) groups excluding carboxylic acids is 2. The molecule has 0 spiro atoms. The molecule has 6 nitrogen and oxygen atoms in total. The molecule has 1 aromatic carbocycles. The summed E-state index contributed by atoms with van der Waals surface area (Å²) in [4.78, 5) is 23.7. The highest BCUT2D eigenvalue weighted by molar-refractivity contribution is 7.90. The normalized spacial score (nSPS) is 11.1. The van der Waals surface area contributed by atoms with Gasteiger partial charge in [0, 0.05) is 12.8 Å². The zero-order valence-electron chi connectivity index (χ0n) is 14.4. The van der Waals surface area contributed by atoms with Gasteiger partial charge in [-0.1, -0.05) is 32.3 Å². The molecular formula is C17H25NO5S. The van der Waals surface area contributed by atoms with Crippen LogP contribution in [0.25, 0.3) is 0 Å². The van der Waals surface area contributed by atoms with Gasteiger partial charge in [0.1, 0.15) is 0 Å². The van der Waals surface area contributed by atoms with E-state index in [0.29, 0.717) is 12.1 Å². The Bertz CT molecular complexity index is 682. The summed E-state index contributed by atoms with van der Waals surface area (Å²) < 4.78 is 28.1. The van der Waals surface area contributed by atoms with Crippen molar-refractivity contribution in [1.29, 1.82) is 0 Å². The number of unbranched alkanes of at least 4 members (excludes halogenated alkanes) is 3. The molecule has 0 fully saturated rings. The number of benzene rings is 1. The van der Waals surface area contributed by atoms with Gasteiger partial charge in [-0.25, -0.2) is 13.2 Å². The van der Waals surface area contributed by atoms with Crippen LogP contribution in [0.5, 0.6) is 0 Å². The van der Waals surface area contributed by atoms with E-state index >= 15 is 0 Å². The van der Waals surface area contributed by atoms with E-state index in [0.717, 1.165) is 31.9 Å². The lowest BCUT2D eigenvalue weighted by Crippen LogP contribution is -2.29. The zero-order chi connectivity index (χ0) is 18.2. The molecule has 1 N–H and O–H groups in total. The lowest BCUT2D eigenvalue weighted by molar-refractivity contribution is -0.124. The Morgan fingerprint density at radius 1 is 1.17 bits per heavy atom. The second-order valence-electron chi connectivity index (χ2n) is 5.74. The van der Waals surface area contributed by atoms with Gasteiger partial charge < -0.3 is 10.1 Å². The summed E-state index contributed by atoms with van der Waals surface area (Å²) >= 11 is 0. The Hall–Kier alpha value is -1.89. The molecule has 0 heterocycles. The summed E-state index contributed by atoms with van der Waals surface area (Å²) in [5.41, 5.74) is 0.737. The molecule has 0 aliphatic carbocycles. The molecule has 1 amide bonds. The first kappa shape index (κ1) is 20.2. The van der Waals surface area contributed by atoms with Gasteiger partial charge in [-0.3, -0.25) is 4.79 Å². The number of hydrogen-bond donors (Lipinski definition) is 1. The number of ether oxygens (including phenoxy) is 1. The largest absolute Gasteiger partial charge is 0.452 e. The molecule has 0 unspecified atom stereocenters. The summed E-state index contributed by atoms with van der Waals surface area (Å²) in [6, 6.07) is 4.25. The molecule has 0 saturated carbocycles. The minimum Gasteiger partial charge on any atom is -0.452 e. The molecular weight excluding hydrogens is 330 g/mol. The van der Waals surface area contributed by atoms with Gasteiger partial charge in [0.2, 0.25) is 0 Å². The molecule has 1 aromatic rings. The average Bonchev–Trinajstić information content (AvgIpc) is 2.51. The third kappa shape index (κ3) is 6.70. The highest BCUT2D eigenvalue weighted by Gasteiger charge is 2.16. The van der Waals surface area contributed by atoms with E-state index in [1.54, 1.807) is 13.0 Å². The van der Waals surface area contributed by atoms with E-state index < -0.39 is 15.8 Å². The molecule has 0 aliphatic rings. The van der Waals surface area contributed by atoms with Crippen LogP contribution in [-0.4, -0.2) is 39.7 Å². The molecule has 0 aromatic heterocycles. The first-order valence-corrected chi connectivity index (χ1v) is 9.89. The third-order valence-corrected chi connectivity index (χ3v) is 4.65. The van der Waals surface area contributed by atoms with Crippen LogP contribution in [0.3, 0.4) is 0 Å². The van der Waals surface area contributed by atoms with Gasteiger partial charge in [0.05, 0.1) is 10.5 Å². The van der Waals surface area contributed by atoms with Gasteiger partial charge >= 0.3 is 5.97 Å². The Balaban J connectivity index is 2.55. The molecule has 0 aliphatic heterocycles. The highest BCUT2D eigenvalue weighted by atomic mass is 32.2. The quantitative estimate of drug-likeness (QED) is 0.542. The first-order valence-electron chi connectivity index (χ1n) is 8.00. The molecule has 1 rings (SSSR count). The second kappa shape index (κ2) is 9.42. The Kier molecular flexibility index (Phi) is 7.91. The molecule has 24 heavy (non-hydrogen) atoms. The van der Waals surface area contributed by atoms with Crippen molar-refractivity contribution in [2.75, 3.05) is 19.4 Å². The predicted octanol–water partition coefficient (Wildman–Crippen LogP) is 2.25. The van der Waals surface area contributed by atoms with Gasteiger partial charge in [-0.05, 0) is 31.0 Å². The number of esters is 1. The van der Waals surface area contributed by atoms with Crippen molar-refractivity contribution < 1.29 is 22.7 Å². The minimum absolute atomic E-state index is 0.0421. The summed E-state index contributed by atoms with van der Waals surface area (Å²) in [5, 5.41) is 2.69. The zero-order valence-corrected chi connectivity index (χ0v) is 15.2. The van der Waals surface area contributed by atoms with Crippen molar-refractivity contribution in [1.82, 2.24) is 5.32 Å². The van der Waals surface area contributed by atoms with E-state index in [2.05, 4.69) is 12.2 Å². The van der Waals surface area contributed by atoms with Crippen molar-refractivity contribution in [3.05, 3.63) is 29.3 Å². The lowest BCUT2D eigenvalue weighted by Gasteiger charge is -2.09. The first-order chi connectivity index (χ1) is 11.3. The number of carbonyl (C=O) groups is 2. The molecule has 0 atom stereocenters. The second-order valence-corrected chi connectivity index (χ2v) is 7.75. The maximum absolute atomic E-state index is 12.1. The minimum atomic E-state index is -3.41. The Morgan fingerprint density at radius 2 is 1.88 bits per heavy atom. The van der Waals surface area contributed by atoms with Crippen LogP contribution < -0.4 is 5.32 Å². The number of nitrogens with one attached hydrogen (secondary N) is 1. The maximum atomic E-state index is 12.1. The maximum Gasteiger partial charge on any atom is 0.338 e. The van der Waals surface area contributed by atoms with Crippen molar-refractivity contribution in [3.63, 3.8) is 0 Å². The highest BCUT2D eigenvalue weighted by Crippen LogP contribution is 2.16. The summed E-state index contributed by atoms with van der Waals surface area (Å²) in [6.07, 6.45) is 5.26. The lowest BCUT2D eigenvalue weighted by atomic mass is 10.1. The predicted molar refractivity (Wildman–Crippen MR) is 91.7 cm³/mol. The molecule has 0 saturated heterocycles. The average molecular weight is 355 g/mol. The summed E-state index contributed by atoms with van der Waals surface area (Å²) in [5.74, 6) is -1.07. The van der Waals surface area contributed by atoms with Crippen LogP contribution >= 0.6 is 0 Å². The SMILES string of the molecule is CCCCCCNC(=O)COC(=O)c1cc(S(C)(=O)=O)ccc1C. The van der Waals surface area contributed by atoms with Gasteiger partial charge in [0.25, 0.3) is 5.91 Å². The fraction of sp³-hybridized carbons (Fsp3) is 0.529. The number of amides is 1. The standard InChI is InChI=1S/C17H25NO5S/c1-4-5-6-7-10-18-16(19)12-23-17(20)15-11-14(24(3,21)22)9-8-13(15)2/h8-9,11H,4-7,10,12H2,1-3H3,(H,18,19). The van der Waals surface area contributed by atoms with Crippen LogP contribution in [0.15, 0.2) is 23.1 Å². The fourth-order valence-corrected chi connectivity index (χ4v) is 2.74. The van der Waals surface area contributed by atoms with Crippen LogP contribution in [0, 0.1) is 6.92 Å². The summed E-state index contributed by atoms with van der Waals surface area (Å²) in [7, 11) is -3.41. The van der Waals surface area contributed by atoms with E-state index in [-0.39, 0.29) is 23.0 Å². The third-order valence-electron chi connectivity index (χ3n) is 3.54. The van der Waals surface area contributed by atoms with Gasteiger partial charge in [-0.15, -0.1) is 0 Å². The fourth-order valence-electron chi connectivity index (χ4n) is 2.09. The molecule has 0 bridgehead atoms. The topological polar surface area (TPSA) is 89.5 Å². The van der Waals surface area contributed by atoms with Crippen molar-refractivity contribution in [3.8, 4) is 0 Å². The van der Waals surface area contributed by atoms with E-state index in [9.17, 15) is 18.0 Å². The number of hydrogen-bond acceptors (Lipinski definition) is 5. The number of rotatable bonds is 9. The smallest absolute Gasteiger partial charge is 0.338 e. The van der Waals surface area contributed by atoms with Gasteiger partial charge in [0.15, 0.2) is 16.4 Å². The Labute approximate surface area is 143 Å². The Morgan fingerprint density at radius 3 is 2.50 bits per heavy atom. The van der Waals surface area contributed by atoms with Crippen LogP contribution in [0.2, 0.25) is 0 Å². The van der Waals surface area contributed by atoms with Crippen molar-refractivity contribution in [2.45, 2.75) is 44.4 Å². The molecule has 0 radical (unpaired) electrons. The van der Waals surface area contributed by atoms with E-state index in [1.807, 2.05) is 0 Å². The van der Waals surface area contributed by atoms with E-state index in [1.165, 1.54) is 12.1 Å². The monoisotopic (exact) mass is 355 g/mol.